The van der Waals surface area contributed by atoms with E-state index in [-0.39, 0.29) is 37.0 Å². The second-order valence-electron chi connectivity index (χ2n) is 8.11. The van der Waals surface area contributed by atoms with Crippen molar-refractivity contribution in [1.29, 1.82) is 0 Å². The van der Waals surface area contributed by atoms with Gasteiger partial charge in [0.05, 0.1) is 17.6 Å². The van der Waals surface area contributed by atoms with Crippen LogP contribution in [-0.2, 0) is 17.9 Å². The number of aromatic nitrogens is 2. The van der Waals surface area contributed by atoms with Crippen LogP contribution >= 0.6 is 11.6 Å². The summed E-state index contributed by atoms with van der Waals surface area (Å²) < 4.78 is 1.91. The summed E-state index contributed by atoms with van der Waals surface area (Å²) in [6, 6.07) is 14.8. The Morgan fingerprint density at radius 1 is 1.06 bits per heavy atom. The molecule has 3 aromatic rings. The normalized spacial score (nSPS) is 13.0. The molecule has 7 heteroatoms. The molecule has 1 aromatic heterocycles. The largest absolute Gasteiger partial charge is 0.345 e. The van der Waals surface area contributed by atoms with Crippen LogP contribution in [0, 0.1) is 0 Å². The molecule has 6 nitrogen and oxygen atoms in total. The van der Waals surface area contributed by atoms with E-state index < -0.39 is 0 Å². The van der Waals surface area contributed by atoms with Crippen molar-refractivity contribution in [3.05, 3.63) is 64.9 Å². The van der Waals surface area contributed by atoms with E-state index in [1.54, 1.807) is 24.3 Å². The first-order valence-corrected chi connectivity index (χ1v) is 11.5. The van der Waals surface area contributed by atoms with Crippen LogP contribution in [-0.4, -0.2) is 38.3 Å². The molecule has 2 aromatic carbocycles. The van der Waals surface area contributed by atoms with E-state index in [9.17, 15) is 9.59 Å². The van der Waals surface area contributed by atoms with E-state index in [1.165, 1.54) is 0 Å². The van der Waals surface area contributed by atoms with Gasteiger partial charge in [0, 0.05) is 22.7 Å². The van der Waals surface area contributed by atoms with Crippen molar-refractivity contribution in [2.24, 2.45) is 0 Å². The SMILES string of the molecule is CCC(C)N(C(=O)Cn1c(CNC(=O)c2cccc(Cl)c2)nc2ccccc21)C(C)CC. The van der Waals surface area contributed by atoms with E-state index >= 15 is 0 Å². The van der Waals surface area contributed by atoms with E-state index in [4.69, 9.17) is 11.6 Å². The van der Waals surface area contributed by atoms with Crippen LogP contribution < -0.4 is 5.32 Å². The van der Waals surface area contributed by atoms with Crippen LogP contribution in [0.4, 0.5) is 0 Å². The predicted octanol–water partition coefficient (Wildman–Crippen LogP) is 5.05. The average Bonchev–Trinajstić information content (AvgIpc) is 3.14. The quantitative estimate of drug-likeness (QED) is 0.492. The summed E-state index contributed by atoms with van der Waals surface area (Å²) in [7, 11) is 0. The molecule has 0 saturated carbocycles. The average molecular weight is 455 g/mol. The molecule has 0 fully saturated rings. The number of rotatable bonds is 9. The van der Waals surface area contributed by atoms with E-state index in [2.05, 4.69) is 38.0 Å². The zero-order valence-corrected chi connectivity index (χ0v) is 19.9. The topological polar surface area (TPSA) is 67.2 Å². The molecule has 0 bridgehead atoms. The molecule has 0 radical (unpaired) electrons. The fourth-order valence-corrected chi connectivity index (χ4v) is 4.05. The van der Waals surface area contributed by atoms with Crippen molar-refractivity contribution in [3.8, 4) is 0 Å². The lowest BCUT2D eigenvalue weighted by Gasteiger charge is -2.34. The molecule has 2 unspecified atom stereocenters. The van der Waals surface area contributed by atoms with E-state index in [0.29, 0.717) is 16.4 Å². The second-order valence-corrected chi connectivity index (χ2v) is 8.55. The molecule has 0 aliphatic rings. The van der Waals surface area contributed by atoms with Gasteiger partial charge in [0.2, 0.25) is 5.91 Å². The van der Waals surface area contributed by atoms with Crippen LogP contribution in [0.5, 0.6) is 0 Å². The van der Waals surface area contributed by atoms with Crippen molar-refractivity contribution in [1.82, 2.24) is 19.8 Å². The van der Waals surface area contributed by atoms with Crippen LogP contribution in [0.15, 0.2) is 48.5 Å². The summed E-state index contributed by atoms with van der Waals surface area (Å²) in [4.78, 5) is 32.6. The van der Waals surface area contributed by atoms with Crippen molar-refractivity contribution in [3.63, 3.8) is 0 Å². The van der Waals surface area contributed by atoms with Crippen LogP contribution in [0.3, 0.4) is 0 Å². The van der Waals surface area contributed by atoms with Crippen LogP contribution in [0.25, 0.3) is 11.0 Å². The summed E-state index contributed by atoms with van der Waals surface area (Å²) in [6.07, 6.45) is 1.78. The Balaban J connectivity index is 1.87. The first-order valence-electron chi connectivity index (χ1n) is 11.1. The maximum atomic E-state index is 13.4. The molecule has 2 atom stereocenters. The highest BCUT2D eigenvalue weighted by Crippen LogP contribution is 2.19. The molecular weight excluding hydrogens is 424 g/mol. The number of amides is 2. The number of nitrogens with zero attached hydrogens (tertiary/aromatic N) is 3. The third kappa shape index (κ3) is 5.30. The minimum absolute atomic E-state index is 0.0549. The number of hydrogen-bond donors (Lipinski definition) is 1. The third-order valence-electron chi connectivity index (χ3n) is 5.94. The molecule has 0 aliphatic heterocycles. The van der Waals surface area contributed by atoms with E-state index in [1.807, 2.05) is 33.7 Å². The number of halogens is 1. The molecule has 32 heavy (non-hydrogen) atoms. The Hall–Kier alpha value is -2.86. The van der Waals surface area contributed by atoms with Gasteiger partial charge in [-0.25, -0.2) is 4.98 Å². The Bertz CT molecular complexity index is 1080. The molecule has 1 heterocycles. The third-order valence-corrected chi connectivity index (χ3v) is 6.18. The van der Waals surface area contributed by atoms with Crippen molar-refractivity contribution < 1.29 is 9.59 Å². The lowest BCUT2D eigenvalue weighted by atomic mass is 10.1. The van der Waals surface area contributed by atoms with Crippen molar-refractivity contribution >= 4 is 34.4 Å². The van der Waals surface area contributed by atoms with Crippen molar-refractivity contribution in [2.75, 3.05) is 0 Å². The lowest BCUT2D eigenvalue weighted by Crippen LogP contribution is -2.46. The zero-order valence-electron chi connectivity index (χ0n) is 19.1. The number of nitrogens with one attached hydrogen (secondary N) is 1. The molecule has 2 amide bonds. The molecule has 3 rings (SSSR count). The number of imidazole rings is 1. The van der Waals surface area contributed by atoms with Gasteiger partial charge >= 0.3 is 0 Å². The van der Waals surface area contributed by atoms with Crippen molar-refractivity contribution in [2.45, 2.75) is 65.7 Å². The Morgan fingerprint density at radius 3 is 2.41 bits per heavy atom. The van der Waals surface area contributed by atoms with E-state index in [0.717, 1.165) is 23.9 Å². The van der Waals surface area contributed by atoms with Gasteiger partial charge in [-0.1, -0.05) is 43.6 Å². The maximum Gasteiger partial charge on any atom is 0.251 e. The van der Waals surface area contributed by atoms with Gasteiger partial charge in [0.25, 0.3) is 5.91 Å². The number of para-hydroxylation sites is 2. The van der Waals surface area contributed by atoms with Gasteiger partial charge < -0.3 is 14.8 Å². The molecule has 170 valence electrons. The highest BCUT2D eigenvalue weighted by Gasteiger charge is 2.25. The monoisotopic (exact) mass is 454 g/mol. The Morgan fingerprint density at radius 2 is 1.75 bits per heavy atom. The highest BCUT2D eigenvalue weighted by atomic mass is 35.5. The molecule has 0 saturated heterocycles. The summed E-state index contributed by atoms with van der Waals surface area (Å²) in [5.41, 5.74) is 2.16. The summed E-state index contributed by atoms with van der Waals surface area (Å²) in [6.45, 7) is 8.75. The number of carbonyl (C=O) groups is 2. The van der Waals surface area contributed by atoms with Gasteiger partial charge in [-0.05, 0) is 57.0 Å². The van der Waals surface area contributed by atoms with Gasteiger partial charge in [0.1, 0.15) is 12.4 Å². The molecule has 1 N–H and O–H groups in total. The number of hydrogen-bond acceptors (Lipinski definition) is 3. The zero-order chi connectivity index (χ0) is 23.3. The lowest BCUT2D eigenvalue weighted by molar-refractivity contribution is -0.136. The predicted molar refractivity (Wildman–Crippen MR) is 129 cm³/mol. The van der Waals surface area contributed by atoms with Gasteiger partial charge in [0.15, 0.2) is 0 Å². The van der Waals surface area contributed by atoms with Gasteiger partial charge in [-0.15, -0.1) is 0 Å². The first kappa shape index (κ1) is 23.8. The minimum Gasteiger partial charge on any atom is -0.345 e. The van der Waals surface area contributed by atoms with Gasteiger partial charge in [-0.3, -0.25) is 9.59 Å². The minimum atomic E-state index is -0.238. The smallest absolute Gasteiger partial charge is 0.251 e. The molecule has 0 spiro atoms. The Labute approximate surface area is 194 Å². The Kier molecular flexibility index (Phi) is 7.91. The van der Waals surface area contributed by atoms with Gasteiger partial charge in [-0.2, -0.15) is 0 Å². The molecular formula is C25H31ClN4O2. The number of carbonyl (C=O) groups excluding carboxylic acids is 2. The summed E-state index contributed by atoms with van der Waals surface area (Å²) in [5.74, 6) is 0.459. The van der Waals surface area contributed by atoms with Crippen LogP contribution in [0.1, 0.15) is 56.7 Å². The second kappa shape index (κ2) is 10.6. The summed E-state index contributed by atoms with van der Waals surface area (Å²) >= 11 is 6.01. The fourth-order valence-electron chi connectivity index (χ4n) is 3.86. The maximum absolute atomic E-state index is 13.4. The first-order chi connectivity index (χ1) is 15.3. The number of fused-ring (bicyclic) bond motifs is 1. The number of benzene rings is 2. The standard InChI is InChI=1S/C25H31ClN4O2/c1-5-17(3)30(18(4)6-2)24(31)16-29-22-13-8-7-12-21(22)28-23(29)15-27-25(32)19-10-9-11-20(26)14-19/h7-14,17-18H,5-6,15-16H2,1-4H3,(H,27,32). The fraction of sp³-hybridized carbons (Fsp3) is 0.400. The molecule has 0 aliphatic carbocycles. The summed E-state index contributed by atoms with van der Waals surface area (Å²) in [5, 5.41) is 3.41. The van der Waals surface area contributed by atoms with Crippen LogP contribution in [0.2, 0.25) is 5.02 Å². The highest BCUT2D eigenvalue weighted by molar-refractivity contribution is 6.30.